The molecule has 2 aromatic rings. The molecule has 1 unspecified atom stereocenters. The van der Waals surface area contributed by atoms with E-state index in [2.05, 4.69) is 43.4 Å². The Balaban J connectivity index is 1.52. The monoisotopic (exact) mass is 442 g/mol. The Labute approximate surface area is 188 Å². The molecule has 0 aromatic heterocycles. The molecule has 0 saturated heterocycles. The zero-order valence-corrected chi connectivity index (χ0v) is 20.0. The summed E-state index contributed by atoms with van der Waals surface area (Å²) in [6.07, 6.45) is 2.42. The van der Waals surface area contributed by atoms with E-state index in [9.17, 15) is 13.5 Å². The summed E-state index contributed by atoms with van der Waals surface area (Å²) < 4.78 is 27.2. The van der Waals surface area contributed by atoms with Gasteiger partial charge in [0, 0.05) is 25.7 Å². The second-order valence-corrected chi connectivity index (χ2v) is 11.4. The fraction of sp³-hybridized carbons (Fsp3) is 0.500. The van der Waals surface area contributed by atoms with Crippen molar-refractivity contribution >= 4 is 22.8 Å². The molecule has 0 heterocycles. The van der Waals surface area contributed by atoms with Gasteiger partial charge in [-0.05, 0) is 56.2 Å². The highest BCUT2D eigenvalue weighted by molar-refractivity contribution is 7.89. The van der Waals surface area contributed by atoms with Gasteiger partial charge in [0.15, 0.2) is 7.28 Å². The Morgan fingerprint density at radius 1 is 1.13 bits per heavy atom. The third kappa shape index (κ3) is 5.98. The van der Waals surface area contributed by atoms with E-state index < -0.39 is 16.1 Å². The van der Waals surface area contributed by atoms with Gasteiger partial charge in [-0.25, -0.2) is 8.42 Å². The maximum atomic E-state index is 13.0. The van der Waals surface area contributed by atoms with E-state index in [-0.39, 0.29) is 12.1 Å². The van der Waals surface area contributed by atoms with Crippen LogP contribution in [-0.2, 0) is 22.9 Å². The summed E-state index contributed by atoms with van der Waals surface area (Å²) >= 11 is 0. The predicted octanol–water partition coefficient (Wildman–Crippen LogP) is 1.95. The topological polar surface area (TPSA) is 69.6 Å². The van der Waals surface area contributed by atoms with Crippen LogP contribution in [-0.4, -0.2) is 56.9 Å². The van der Waals surface area contributed by atoms with Crippen molar-refractivity contribution in [3.8, 4) is 0 Å². The molecule has 0 bridgehead atoms. The van der Waals surface area contributed by atoms with E-state index in [1.807, 2.05) is 19.0 Å². The lowest BCUT2D eigenvalue weighted by Gasteiger charge is -2.31. The van der Waals surface area contributed by atoms with Crippen LogP contribution in [0.15, 0.2) is 53.4 Å². The fourth-order valence-corrected chi connectivity index (χ4v) is 6.16. The van der Waals surface area contributed by atoms with Gasteiger partial charge >= 0.3 is 0 Å². The smallest absolute Gasteiger partial charge is 0.242 e. The standard InChI is InChI=1S/C24H35BN2O3S/c1-24(2,15-18-13-19-9-5-6-10-20(19)14-18)26-16-21(28)17-27(4)31(29,30)23-12-8-7-11-22(23)25-3/h5-12,18,21,25-26,28H,13-17H2,1-4H3. The number of likely N-dealkylation sites (N-methyl/N-ethyl adjacent to an activating group) is 1. The van der Waals surface area contributed by atoms with Gasteiger partial charge in [0.1, 0.15) is 0 Å². The van der Waals surface area contributed by atoms with Crippen molar-refractivity contribution in [2.24, 2.45) is 5.92 Å². The maximum absolute atomic E-state index is 13.0. The van der Waals surface area contributed by atoms with Gasteiger partial charge in [0.2, 0.25) is 10.0 Å². The lowest BCUT2D eigenvalue weighted by molar-refractivity contribution is 0.135. The molecule has 0 amide bonds. The van der Waals surface area contributed by atoms with Crippen LogP contribution in [0.1, 0.15) is 31.4 Å². The van der Waals surface area contributed by atoms with Crippen molar-refractivity contribution < 1.29 is 13.5 Å². The molecule has 7 heteroatoms. The van der Waals surface area contributed by atoms with Gasteiger partial charge in [0.05, 0.1) is 11.0 Å². The minimum absolute atomic E-state index is 0.0539. The molecule has 3 rings (SSSR count). The van der Waals surface area contributed by atoms with Crippen LogP contribution in [0, 0.1) is 5.92 Å². The highest BCUT2D eigenvalue weighted by atomic mass is 32.2. The molecule has 0 saturated carbocycles. The molecule has 0 radical (unpaired) electrons. The molecule has 1 aliphatic rings. The van der Waals surface area contributed by atoms with Crippen molar-refractivity contribution in [1.29, 1.82) is 0 Å². The highest BCUT2D eigenvalue weighted by Gasteiger charge is 2.29. The van der Waals surface area contributed by atoms with Crippen molar-refractivity contribution in [1.82, 2.24) is 9.62 Å². The van der Waals surface area contributed by atoms with E-state index in [1.165, 1.54) is 22.5 Å². The van der Waals surface area contributed by atoms with Crippen molar-refractivity contribution in [3.05, 3.63) is 59.7 Å². The van der Waals surface area contributed by atoms with Crippen LogP contribution in [0.4, 0.5) is 0 Å². The third-order valence-corrected chi connectivity index (χ3v) is 8.18. The normalized spacial score (nSPS) is 15.8. The predicted molar refractivity (Wildman–Crippen MR) is 129 cm³/mol. The van der Waals surface area contributed by atoms with E-state index in [4.69, 9.17) is 0 Å². The van der Waals surface area contributed by atoms with Gasteiger partial charge < -0.3 is 10.4 Å². The third-order valence-electron chi connectivity index (χ3n) is 6.26. The summed E-state index contributed by atoms with van der Waals surface area (Å²) in [6.45, 7) is 6.65. The van der Waals surface area contributed by atoms with Gasteiger partial charge in [-0.15, -0.1) is 0 Å². The number of aliphatic hydroxyl groups excluding tert-OH is 1. The Morgan fingerprint density at radius 2 is 1.71 bits per heavy atom. The van der Waals surface area contributed by atoms with Gasteiger partial charge in [-0.3, -0.25) is 0 Å². The van der Waals surface area contributed by atoms with Gasteiger partial charge in [-0.1, -0.05) is 54.8 Å². The molecule has 0 aliphatic heterocycles. The first-order valence-electron chi connectivity index (χ1n) is 11.2. The van der Waals surface area contributed by atoms with E-state index in [1.54, 1.807) is 12.1 Å². The number of hydrogen-bond donors (Lipinski definition) is 2. The van der Waals surface area contributed by atoms with E-state index in [0.29, 0.717) is 24.6 Å². The summed E-state index contributed by atoms with van der Waals surface area (Å²) in [5, 5.41) is 14.0. The van der Waals surface area contributed by atoms with E-state index in [0.717, 1.165) is 24.7 Å². The Hall–Kier alpha value is -1.67. The van der Waals surface area contributed by atoms with Crippen LogP contribution in [0.3, 0.4) is 0 Å². The molecule has 2 N–H and O–H groups in total. The molecule has 0 spiro atoms. The summed E-state index contributed by atoms with van der Waals surface area (Å²) in [6, 6.07) is 15.7. The Morgan fingerprint density at radius 3 is 2.32 bits per heavy atom. The zero-order valence-electron chi connectivity index (χ0n) is 19.1. The Bertz CT molecular complexity index is 969. The highest BCUT2D eigenvalue weighted by Crippen LogP contribution is 2.31. The number of rotatable bonds is 10. The first-order valence-corrected chi connectivity index (χ1v) is 12.6. The molecule has 31 heavy (non-hydrogen) atoms. The second-order valence-electron chi connectivity index (χ2n) is 9.41. The molecule has 2 aromatic carbocycles. The van der Waals surface area contributed by atoms with E-state index >= 15 is 0 Å². The summed E-state index contributed by atoms with van der Waals surface area (Å²) in [4.78, 5) is 0.321. The number of fused-ring (bicyclic) bond motifs is 1. The average molecular weight is 442 g/mol. The first kappa shape index (κ1) is 24.0. The molecule has 1 aliphatic carbocycles. The number of β-amino-alcohol motifs (C(OH)–C–C–N with tert-alkyl or cyclic N) is 1. The quantitative estimate of drug-likeness (QED) is 0.552. The van der Waals surface area contributed by atoms with Crippen LogP contribution < -0.4 is 10.8 Å². The van der Waals surface area contributed by atoms with Crippen LogP contribution in [0.5, 0.6) is 0 Å². The number of nitrogens with zero attached hydrogens (tertiary/aromatic N) is 1. The van der Waals surface area contributed by atoms with Gasteiger partial charge in [-0.2, -0.15) is 4.31 Å². The van der Waals surface area contributed by atoms with Crippen molar-refractivity contribution in [2.45, 2.75) is 56.5 Å². The SMILES string of the molecule is CBc1ccccc1S(=O)(=O)N(C)CC(O)CNC(C)(C)CC1Cc2ccccc2C1. The van der Waals surface area contributed by atoms with Crippen LogP contribution >= 0.6 is 0 Å². The molecule has 0 fully saturated rings. The van der Waals surface area contributed by atoms with Crippen LogP contribution in [0.2, 0.25) is 6.82 Å². The van der Waals surface area contributed by atoms with Crippen molar-refractivity contribution in [3.63, 3.8) is 0 Å². The zero-order chi connectivity index (χ0) is 22.6. The maximum Gasteiger partial charge on any atom is 0.242 e. The molecule has 1 atom stereocenters. The molecular weight excluding hydrogens is 407 g/mol. The number of hydrogen-bond acceptors (Lipinski definition) is 4. The van der Waals surface area contributed by atoms with Crippen LogP contribution in [0.25, 0.3) is 0 Å². The minimum atomic E-state index is -3.63. The lowest BCUT2D eigenvalue weighted by atomic mass is 9.73. The summed E-state index contributed by atoms with van der Waals surface area (Å²) in [5.74, 6) is 0.589. The summed E-state index contributed by atoms with van der Waals surface area (Å²) in [5.41, 5.74) is 3.55. The summed E-state index contributed by atoms with van der Waals surface area (Å²) in [7, 11) is -1.46. The molecular formula is C24H35BN2O3S. The van der Waals surface area contributed by atoms with Gasteiger partial charge in [0.25, 0.3) is 0 Å². The number of nitrogens with one attached hydrogen (secondary N) is 1. The van der Waals surface area contributed by atoms with Crippen molar-refractivity contribution in [2.75, 3.05) is 20.1 Å². The Kier molecular flexibility index (Phi) is 7.63. The lowest BCUT2D eigenvalue weighted by Crippen LogP contribution is -2.47. The average Bonchev–Trinajstić information content (AvgIpc) is 3.13. The number of aliphatic hydroxyl groups is 1. The first-order chi connectivity index (χ1) is 14.6. The fourth-order valence-electron chi connectivity index (χ4n) is 4.66. The number of benzene rings is 2. The number of sulfonamides is 1. The second kappa shape index (κ2) is 9.86. The minimum Gasteiger partial charge on any atom is -0.390 e. The molecule has 5 nitrogen and oxygen atoms in total. The largest absolute Gasteiger partial charge is 0.390 e. The molecule has 168 valence electrons.